The summed E-state index contributed by atoms with van der Waals surface area (Å²) in [6.07, 6.45) is 1.70. The van der Waals surface area contributed by atoms with Gasteiger partial charge in [-0.3, -0.25) is 9.91 Å². The van der Waals surface area contributed by atoms with Gasteiger partial charge in [-0.15, -0.1) is 0 Å². The number of hydrogen-bond donors (Lipinski definition) is 1. The molecule has 1 N–H and O–H groups in total. The maximum Gasteiger partial charge on any atom is 0.166 e. The third-order valence-electron chi connectivity index (χ3n) is 4.49. The fourth-order valence-corrected chi connectivity index (χ4v) is 2.91. The molecule has 1 aliphatic rings. The van der Waals surface area contributed by atoms with Crippen molar-refractivity contribution in [3.63, 3.8) is 0 Å². The van der Waals surface area contributed by atoms with Gasteiger partial charge in [-0.25, -0.2) is 0 Å². The van der Waals surface area contributed by atoms with Crippen molar-refractivity contribution in [2.45, 2.75) is 13.5 Å². The topological polar surface area (TPSA) is 48.3 Å². The van der Waals surface area contributed by atoms with E-state index in [0.717, 1.165) is 32.7 Å². The Morgan fingerprint density at radius 1 is 1.08 bits per heavy atom. The Hall–Kier alpha value is -2.53. The van der Waals surface area contributed by atoms with E-state index in [0.29, 0.717) is 11.3 Å². The van der Waals surface area contributed by atoms with Crippen LogP contribution in [0.2, 0.25) is 0 Å². The summed E-state index contributed by atoms with van der Waals surface area (Å²) in [6.45, 7) is 6.82. The predicted octanol–water partition coefficient (Wildman–Crippen LogP) is 2.86. The van der Waals surface area contributed by atoms with Gasteiger partial charge in [0.25, 0.3) is 0 Å². The molecule has 0 amide bonds. The SMILES string of the molecule is COc1cccc(C=NN2CCN(Cc3ccc(C)cc3)CC2)c1O. The number of rotatable bonds is 5. The predicted molar refractivity (Wildman–Crippen MR) is 100 cm³/mol. The van der Waals surface area contributed by atoms with Crippen molar-refractivity contribution in [2.75, 3.05) is 33.3 Å². The fraction of sp³-hybridized carbons (Fsp3) is 0.350. The number of nitrogens with zero attached hydrogens (tertiary/aromatic N) is 3. The molecule has 0 saturated carbocycles. The highest BCUT2D eigenvalue weighted by Crippen LogP contribution is 2.28. The molecule has 0 aliphatic carbocycles. The average Bonchev–Trinajstić information content (AvgIpc) is 2.64. The number of aryl methyl sites for hydroxylation is 1. The maximum atomic E-state index is 10.1. The Kier molecular flexibility index (Phi) is 5.56. The molecule has 1 saturated heterocycles. The van der Waals surface area contributed by atoms with E-state index in [4.69, 9.17) is 4.74 Å². The van der Waals surface area contributed by atoms with Gasteiger partial charge < -0.3 is 9.84 Å². The van der Waals surface area contributed by atoms with E-state index >= 15 is 0 Å². The zero-order valence-electron chi connectivity index (χ0n) is 14.9. The van der Waals surface area contributed by atoms with Crippen LogP contribution in [0.15, 0.2) is 47.6 Å². The summed E-state index contributed by atoms with van der Waals surface area (Å²) in [5.74, 6) is 0.596. The molecular formula is C20H25N3O2. The number of hydrogen-bond acceptors (Lipinski definition) is 5. The molecule has 3 rings (SSSR count). The van der Waals surface area contributed by atoms with Crippen LogP contribution in [-0.2, 0) is 6.54 Å². The molecule has 0 unspecified atom stereocenters. The van der Waals surface area contributed by atoms with Gasteiger partial charge in [0.2, 0.25) is 0 Å². The Labute approximate surface area is 149 Å². The van der Waals surface area contributed by atoms with Gasteiger partial charge in [-0.05, 0) is 24.6 Å². The lowest BCUT2D eigenvalue weighted by Crippen LogP contribution is -2.43. The number of piperazine rings is 1. The maximum absolute atomic E-state index is 10.1. The number of aromatic hydroxyl groups is 1. The Balaban J connectivity index is 1.53. The first-order valence-corrected chi connectivity index (χ1v) is 8.58. The van der Waals surface area contributed by atoms with Crippen LogP contribution < -0.4 is 4.74 Å². The molecule has 0 spiro atoms. The van der Waals surface area contributed by atoms with Crippen LogP contribution >= 0.6 is 0 Å². The number of benzene rings is 2. The minimum Gasteiger partial charge on any atom is -0.504 e. The summed E-state index contributed by atoms with van der Waals surface area (Å²) in [5.41, 5.74) is 3.31. The smallest absolute Gasteiger partial charge is 0.166 e. The second kappa shape index (κ2) is 8.03. The summed E-state index contributed by atoms with van der Waals surface area (Å²) in [7, 11) is 1.54. The summed E-state index contributed by atoms with van der Waals surface area (Å²) in [5, 5.41) is 16.7. The van der Waals surface area contributed by atoms with Crippen LogP contribution in [0.25, 0.3) is 0 Å². The van der Waals surface area contributed by atoms with E-state index in [1.54, 1.807) is 19.4 Å². The lowest BCUT2D eigenvalue weighted by atomic mass is 10.1. The number of hydrazone groups is 1. The molecule has 1 aliphatic heterocycles. The van der Waals surface area contributed by atoms with Crippen LogP contribution in [0.3, 0.4) is 0 Å². The first kappa shape index (κ1) is 17.3. The molecule has 2 aromatic carbocycles. The molecule has 0 bridgehead atoms. The van der Waals surface area contributed by atoms with Gasteiger partial charge in [0.15, 0.2) is 11.5 Å². The van der Waals surface area contributed by atoms with Gasteiger partial charge >= 0.3 is 0 Å². The van der Waals surface area contributed by atoms with Gasteiger partial charge in [0, 0.05) is 38.3 Å². The summed E-state index contributed by atoms with van der Waals surface area (Å²) >= 11 is 0. The van der Waals surface area contributed by atoms with Crippen molar-refractivity contribution in [3.8, 4) is 11.5 Å². The Bertz CT molecular complexity index is 720. The van der Waals surface area contributed by atoms with Crippen molar-refractivity contribution >= 4 is 6.21 Å². The summed E-state index contributed by atoms with van der Waals surface area (Å²) < 4.78 is 5.12. The van der Waals surface area contributed by atoms with Gasteiger partial charge in [-0.1, -0.05) is 35.9 Å². The van der Waals surface area contributed by atoms with Crippen molar-refractivity contribution in [1.82, 2.24) is 9.91 Å². The monoisotopic (exact) mass is 339 g/mol. The van der Waals surface area contributed by atoms with E-state index in [-0.39, 0.29) is 5.75 Å². The van der Waals surface area contributed by atoms with Crippen molar-refractivity contribution in [1.29, 1.82) is 0 Å². The van der Waals surface area contributed by atoms with Gasteiger partial charge in [-0.2, -0.15) is 5.10 Å². The second-order valence-corrected chi connectivity index (χ2v) is 6.36. The van der Waals surface area contributed by atoms with Crippen molar-refractivity contribution in [3.05, 3.63) is 59.2 Å². The van der Waals surface area contributed by atoms with Crippen molar-refractivity contribution in [2.24, 2.45) is 5.10 Å². The molecule has 2 aromatic rings. The zero-order valence-corrected chi connectivity index (χ0v) is 14.9. The Morgan fingerprint density at radius 3 is 2.48 bits per heavy atom. The highest BCUT2D eigenvalue weighted by molar-refractivity contribution is 5.84. The van der Waals surface area contributed by atoms with E-state index in [9.17, 15) is 5.11 Å². The normalized spacial score (nSPS) is 15.7. The molecule has 1 heterocycles. The summed E-state index contributed by atoms with van der Waals surface area (Å²) in [4.78, 5) is 2.44. The highest BCUT2D eigenvalue weighted by Gasteiger charge is 2.15. The quantitative estimate of drug-likeness (QED) is 0.851. The first-order chi connectivity index (χ1) is 12.2. The number of methoxy groups -OCH3 is 1. The number of para-hydroxylation sites is 1. The molecular weight excluding hydrogens is 314 g/mol. The van der Waals surface area contributed by atoms with E-state index in [1.807, 2.05) is 17.1 Å². The molecule has 0 aromatic heterocycles. The second-order valence-electron chi connectivity index (χ2n) is 6.36. The Morgan fingerprint density at radius 2 is 1.80 bits per heavy atom. The largest absolute Gasteiger partial charge is 0.504 e. The molecule has 0 atom stereocenters. The van der Waals surface area contributed by atoms with Crippen LogP contribution in [0, 0.1) is 6.92 Å². The minimum absolute atomic E-state index is 0.131. The number of phenols is 1. The van der Waals surface area contributed by atoms with Crippen LogP contribution in [0.4, 0.5) is 0 Å². The van der Waals surface area contributed by atoms with Crippen LogP contribution in [0.1, 0.15) is 16.7 Å². The fourth-order valence-electron chi connectivity index (χ4n) is 2.91. The van der Waals surface area contributed by atoms with Crippen LogP contribution in [-0.4, -0.2) is 54.5 Å². The number of phenolic OH excluding ortho intramolecular Hbond substituents is 1. The lowest BCUT2D eigenvalue weighted by molar-refractivity contribution is 0.131. The molecule has 0 radical (unpaired) electrons. The molecule has 1 fully saturated rings. The van der Waals surface area contributed by atoms with E-state index < -0.39 is 0 Å². The van der Waals surface area contributed by atoms with Crippen LogP contribution in [0.5, 0.6) is 11.5 Å². The molecule has 5 nitrogen and oxygen atoms in total. The first-order valence-electron chi connectivity index (χ1n) is 8.58. The van der Waals surface area contributed by atoms with Gasteiger partial charge in [0.1, 0.15) is 0 Å². The minimum atomic E-state index is 0.131. The van der Waals surface area contributed by atoms with E-state index in [1.165, 1.54) is 11.1 Å². The zero-order chi connectivity index (χ0) is 17.6. The molecule has 5 heteroatoms. The van der Waals surface area contributed by atoms with E-state index in [2.05, 4.69) is 41.2 Å². The lowest BCUT2D eigenvalue weighted by Gasteiger charge is -2.33. The standard InChI is InChI=1S/C20H25N3O2/c1-16-6-8-17(9-7-16)15-22-10-12-23(13-11-22)21-14-18-4-3-5-19(25-2)20(18)24/h3-9,14,24H,10-13,15H2,1-2H3. The van der Waals surface area contributed by atoms with Gasteiger partial charge in [0.05, 0.1) is 13.3 Å². The third kappa shape index (κ3) is 4.51. The average molecular weight is 339 g/mol. The summed E-state index contributed by atoms with van der Waals surface area (Å²) in [6, 6.07) is 14.1. The number of ether oxygens (including phenoxy) is 1. The third-order valence-corrected chi connectivity index (χ3v) is 4.49. The molecule has 25 heavy (non-hydrogen) atoms. The highest BCUT2D eigenvalue weighted by atomic mass is 16.5. The molecule has 132 valence electrons. The van der Waals surface area contributed by atoms with Crippen molar-refractivity contribution < 1.29 is 9.84 Å².